The van der Waals surface area contributed by atoms with E-state index in [1.54, 1.807) is 19.2 Å². The first-order chi connectivity index (χ1) is 10.2. The molecule has 2 aromatic carbocycles. The molecular formula is C16H13FN2O2. The molecule has 0 aliphatic rings. The van der Waals surface area contributed by atoms with Gasteiger partial charge in [-0.25, -0.2) is 4.39 Å². The lowest BCUT2D eigenvalue weighted by Crippen LogP contribution is -1.91. The van der Waals surface area contributed by atoms with Crippen molar-refractivity contribution >= 4 is 0 Å². The first kappa shape index (κ1) is 13.3. The maximum absolute atomic E-state index is 12.9. The maximum Gasteiger partial charge on any atom is 0.257 e. The summed E-state index contributed by atoms with van der Waals surface area (Å²) < 4.78 is 23.2. The van der Waals surface area contributed by atoms with E-state index in [1.165, 1.54) is 12.1 Å². The molecule has 0 saturated heterocycles. The molecule has 106 valence electrons. The number of aromatic nitrogens is 2. The highest BCUT2D eigenvalue weighted by Crippen LogP contribution is 2.19. The first-order valence-corrected chi connectivity index (χ1v) is 6.46. The monoisotopic (exact) mass is 284 g/mol. The van der Waals surface area contributed by atoms with Gasteiger partial charge in [0, 0.05) is 12.0 Å². The van der Waals surface area contributed by atoms with Gasteiger partial charge in [0.1, 0.15) is 11.6 Å². The smallest absolute Gasteiger partial charge is 0.257 e. The Morgan fingerprint density at radius 2 is 1.76 bits per heavy atom. The predicted molar refractivity (Wildman–Crippen MR) is 75.5 cm³/mol. The van der Waals surface area contributed by atoms with Crippen molar-refractivity contribution in [2.75, 3.05) is 7.11 Å². The fraction of sp³-hybridized carbons (Fsp3) is 0.125. The molecule has 0 saturated carbocycles. The minimum atomic E-state index is -0.295. The summed E-state index contributed by atoms with van der Waals surface area (Å²) in [6.45, 7) is 0. The predicted octanol–water partition coefficient (Wildman–Crippen LogP) is 3.48. The van der Waals surface area contributed by atoms with Crippen LogP contribution in [0, 0.1) is 5.82 Å². The van der Waals surface area contributed by atoms with Crippen LogP contribution in [0.1, 0.15) is 11.4 Å². The SMILES string of the molecule is COc1ccc(Cc2noc(-c3ccc(F)cc3)n2)cc1. The van der Waals surface area contributed by atoms with Gasteiger partial charge < -0.3 is 9.26 Å². The Kier molecular flexibility index (Phi) is 3.64. The Balaban J connectivity index is 1.76. The second-order valence-corrected chi connectivity index (χ2v) is 4.55. The molecule has 0 spiro atoms. The summed E-state index contributed by atoms with van der Waals surface area (Å²) in [4.78, 5) is 4.32. The van der Waals surface area contributed by atoms with Crippen LogP contribution in [0.15, 0.2) is 53.1 Å². The summed E-state index contributed by atoms with van der Waals surface area (Å²) >= 11 is 0. The van der Waals surface area contributed by atoms with Gasteiger partial charge in [0.15, 0.2) is 5.82 Å². The molecule has 5 heteroatoms. The van der Waals surface area contributed by atoms with Gasteiger partial charge in [-0.2, -0.15) is 4.98 Å². The number of ether oxygens (including phenoxy) is 1. The topological polar surface area (TPSA) is 48.2 Å². The summed E-state index contributed by atoms with van der Waals surface area (Å²) in [6.07, 6.45) is 0.564. The van der Waals surface area contributed by atoms with Crippen LogP contribution in [0.4, 0.5) is 4.39 Å². The summed E-state index contributed by atoms with van der Waals surface area (Å²) in [5, 5.41) is 3.94. The highest BCUT2D eigenvalue weighted by atomic mass is 19.1. The summed E-state index contributed by atoms with van der Waals surface area (Å²) in [5.41, 5.74) is 1.76. The molecule has 0 fully saturated rings. The fourth-order valence-electron chi connectivity index (χ4n) is 1.96. The van der Waals surface area contributed by atoms with Crippen LogP contribution >= 0.6 is 0 Å². The third kappa shape index (κ3) is 3.08. The van der Waals surface area contributed by atoms with Crippen molar-refractivity contribution in [2.24, 2.45) is 0 Å². The number of hydrogen-bond donors (Lipinski definition) is 0. The van der Waals surface area contributed by atoms with Crippen molar-refractivity contribution in [2.45, 2.75) is 6.42 Å². The Morgan fingerprint density at radius 3 is 2.43 bits per heavy atom. The molecular weight excluding hydrogens is 271 g/mol. The van der Waals surface area contributed by atoms with E-state index in [-0.39, 0.29) is 5.82 Å². The van der Waals surface area contributed by atoms with Crippen LogP contribution in [0.5, 0.6) is 5.75 Å². The normalized spacial score (nSPS) is 10.6. The number of rotatable bonds is 4. The van der Waals surface area contributed by atoms with Gasteiger partial charge in [0.05, 0.1) is 7.11 Å². The third-order valence-electron chi connectivity index (χ3n) is 3.08. The molecule has 0 aliphatic heterocycles. The largest absolute Gasteiger partial charge is 0.497 e. The third-order valence-corrected chi connectivity index (χ3v) is 3.08. The molecule has 21 heavy (non-hydrogen) atoms. The molecule has 0 aliphatic carbocycles. The number of methoxy groups -OCH3 is 1. The number of halogens is 1. The van der Waals surface area contributed by atoms with Crippen LogP contribution in [0.25, 0.3) is 11.5 Å². The van der Waals surface area contributed by atoms with Gasteiger partial charge in [0.25, 0.3) is 5.89 Å². The number of benzene rings is 2. The van der Waals surface area contributed by atoms with E-state index >= 15 is 0 Å². The van der Waals surface area contributed by atoms with Crippen molar-refractivity contribution in [3.05, 3.63) is 65.7 Å². The number of hydrogen-bond acceptors (Lipinski definition) is 4. The standard InChI is InChI=1S/C16H13FN2O2/c1-20-14-8-2-11(3-9-14)10-15-18-16(21-19-15)12-4-6-13(17)7-5-12/h2-9H,10H2,1H3. The van der Waals surface area contributed by atoms with Crippen molar-refractivity contribution in [1.29, 1.82) is 0 Å². The Bertz CT molecular complexity index is 721. The second kappa shape index (κ2) is 5.75. The average Bonchev–Trinajstić information content (AvgIpc) is 2.97. The van der Waals surface area contributed by atoms with Crippen LogP contribution in [0.3, 0.4) is 0 Å². The molecule has 1 aromatic heterocycles. The lowest BCUT2D eigenvalue weighted by molar-refractivity contribution is 0.414. The minimum Gasteiger partial charge on any atom is -0.497 e. The molecule has 1 heterocycles. The summed E-state index contributed by atoms with van der Waals surface area (Å²) in [5.74, 6) is 1.48. The quantitative estimate of drug-likeness (QED) is 0.736. The highest BCUT2D eigenvalue weighted by molar-refractivity contribution is 5.52. The lowest BCUT2D eigenvalue weighted by Gasteiger charge is -2.00. The lowest BCUT2D eigenvalue weighted by atomic mass is 10.1. The van der Waals surface area contributed by atoms with Gasteiger partial charge in [-0.05, 0) is 42.0 Å². The van der Waals surface area contributed by atoms with E-state index in [0.29, 0.717) is 23.7 Å². The minimum absolute atomic E-state index is 0.295. The molecule has 0 amide bonds. The van der Waals surface area contributed by atoms with E-state index in [4.69, 9.17) is 9.26 Å². The van der Waals surface area contributed by atoms with Crippen LogP contribution in [-0.2, 0) is 6.42 Å². The zero-order chi connectivity index (χ0) is 14.7. The van der Waals surface area contributed by atoms with E-state index in [1.807, 2.05) is 24.3 Å². The Labute approximate surface area is 121 Å². The van der Waals surface area contributed by atoms with Gasteiger partial charge in [0.2, 0.25) is 0 Å². The molecule has 0 radical (unpaired) electrons. The fourth-order valence-corrected chi connectivity index (χ4v) is 1.96. The van der Waals surface area contributed by atoms with E-state index in [9.17, 15) is 4.39 Å². The second-order valence-electron chi connectivity index (χ2n) is 4.55. The van der Waals surface area contributed by atoms with Crippen molar-refractivity contribution < 1.29 is 13.7 Å². The van der Waals surface area contributed by atoms with Crippen LogP contribution < -0.4 is 4.74 Å². The Morgan fingerprint density at radius 1 is 1.05 bits per heavy atom. The van der Waals surface area contributed by atoms with Crippen LogP contribution in [0.2, 0.25) is 0 Å². The summed E-state index contributed by atoms with van der Waals surface area (Å²) in [7, 11) is 1.63. The molecule has 3 rings (SSSR count). The summed E-state index contributed by atoms with van der Waals surface area (Å²) in [6, 6.07) is 13.6. The molecule has 3 aromatic rings. The van der Waals surface area contributed by atoms with Crippen molar-refractivity contribution in [3.63, 3.8) is 0 Å². The molecule has 0 N–H and O–H groups in total. The van der Waals surface area contributed by atoms with Gasteiger partial charge in [-0.1, -0.05) is 17.3 Å². The van der Waals surface area contributed by atoms with Gasteiger partial charge in [-0.15, -0.1) is 0 Å². The van der Waals surface area contributed by atoms with Gasteiger partial charge >= 0.3 is 0 Å². The molecule has 0 unspecified atom stereocenters. The van der Waals surface area contributed by atoms with E-state index in [0.717, 1.165) is 11.3 Å². The van der Waals surface area contributed by atoms with Crippen LogP contribution in [-0.4, -0.2) is 17.3 Å². The molecule has 0 atom stereocenters. The van der Waals surface area contributed by atoms with E-state index < -0.39 is 0 Å². The Hall–Kier alpha value is -2.69. The molecule has 4 nitrogen and oxygen atoms in total. The van der Waals surface area contributed by atoms with Crippen molar-refractivity contribution in [1.82, 2.24) is 10.1 Å². The maximum atomic E-state index is 12.9. The average molecular weight is 284 g/mol. The highest BCUT2D eigenvalue weighted by Gasteiger charge is 2.09. The number of nitrogens with zero attached hydrogens (tertiary/aromatic N) is 2. The zero-order valence-electron chi connectivity index (χ0n) is 11.4. The van der Waals surface area contributed by atoms with E-state index in [2.05, 4.69) is 10.1 Å². The van der Waals surface area contributed by atoms with Crippen molar-refractivity contribution in [3.8, 4) is 17.2 Å². The first-order valence-electron chi connectivity index (χ1n) is 6.46. The molecule has 0 bridgehead atoms. The zero-order valence-corrected chi connectivity index (χ0v) is 11.4. The van der Waals surface area contributed by atoms with Gasteiger partial charge in [-0.3, -0.25) is 0 Å².